The number of hydrogen-bond acceptors (Lipinski definition) is 1. The summed E-state index contributed by atoms with van der Waals surface area (Å²) in [7, 11) is 0. The molecule has 0 saturated carbocycles. The van der Waals surface area contributed by atoms with Crippen molar-refractivity contribution in [3.05, 3.63) is 34.6 Å². The third-order valence-electron chi connectivity index (χ3n) is 2.45. The van der Waals surface area contributed by atoms with E-state index in [9.17, 15) is 4.39 Å². The van der Waals surface area contributed by atoms with Crippen molar-refractivity contribution in [1.82, 2.24) is 0 Å². The Hall–Kier alpha value is -0.600. The van der Waals surface area contributed by atoms with Crippen LogP contribution in [0, 0.1) is 11.7 Å². The van der Waals surface area contributed by atoms with Gasteiger partial charge in [0.1, 0.15) is 5.82 Å². The minimum Gasteiger partial charge on any atom is -0.328 e. The van der Waals surface area contributed by atoms with Crippen molar-refractivity contribution in [3.63, 3.8) is 0 Å². The summed E-state index contributed by atoms with van der Waals surface area (Å²) in [6.07, 6.45) is 0.629. The van der Waals surface area contributed by atoms with Crippen molar-refractivity contribution in [1.29, 1.82) is 0 Å². The maximum Gasteiger partial charge on any atom is 0.126 e. The highest BCUT2D eigenvalue weighted by Gasteiger charge is 2.11. The van der Waals surface area contributed by atoms with Gasteiger partial charge in [-0.25, -0.2) is 4.39 Å². The second-order valence-corrected chi connectivity index (χ2v) is 4.21. The van der Waals surface area contributed by atoms with Gasteiger partial charge >= 0.3 is 0 Å². The number of benzene rings is 1. The molecule has 0 aromatic heterocycles. The van der Waals surface area contributed by atoms with Crippen LogP contribution >= 0.6 is 11.6 Å². The molecule has 2 N–H and O–H groups in total. The van der Waals surface area contributed by atoms with E-state index < -0.39 is 0 Å². The SMILES string of the molecule is CC(N)C(C)Cc1cc(Cl)ccc1F. The lowest BCUT2D eigenvalue weighted by Gasteiger charge is -2.15. The van der Waals surface area contributed by atoms with Crippen molar-refractivity contribution >= 4 is 11.6 Å². The third kappa shape index (κ3) is 2.96. The van der Waals surface area contributed by atoms with Crippen LogP contribution in [0.1, 0.15) is 19.4 Å². The van der Waals surface area contributed by atoms with Gasteiger partial charge in [-0.1, -0.05) is 18.5 Å². The molecular formula is C11H15ClFN. The molecule has 1 aromatic carbocycles. The Bertz CT molecular complexity index is 312. The molecule has 2 unspecified atom stereocenters. The Labute approximate surface area is 89.1 Å². The molecule has 3 heteroatoms. The first-order valence-corrected chi connectivity index (χ1v) is 5.08. The van der Waals surface area contributed by atoms with Gasteiger partial charge in [0.25, 0.3) is 0 Å². The fourth-order valence-corrected chi connectivity index (χ4v) is 1.43. The monoisotopic (exact) mass is 215 g/mol. The molecule has 2 atom stereocenters. The summed E-state index contributed by atoms with van der Waals surface area (Å²) in [5, 5.41) is 0.568. The minimum absolute atomic E-state index is 0.0633. The zero-order valence-corrected chi connectivity index (χ0v) is 9.18. The van der Waals surface area contributed by atoms with Gasteiger partial charge in [-0.2, -0.15) is 0 Å². The van der Waals surface area contributed by atoms with Gasteiger partial charge < -0.3 is 5.73 Å². The van der Waals surface area contributed by atoms with Crippen LogP contribution in [0.25, 0.3) is 0 Å². The lowest BCUT2D eigenvalue weighted by atomic mass is 9.95. The molecule has 0 amide bonds. The summed E-state index contributed by atoms with van der Waals surface area (Å²) >= 11 is 5.78. The van der Waals surface area contributed by atoms with Gasteiger partial charge in [-0.05, 0) is 43.0 Å². The summed E-state index contributed by atoms with van der Waals surface area (Å²) in [6, 6.07) is 4.67. The normalized spacial score (nSPS) is 15.2. The quantitative estimate of drug-likeness (QED) is 0.824. The van der Waals surface area contributed by atoms with Crippen molar-refractivity contribution in [2.75, 3.05) is 0 Å². The maximum absolute atomic E-state index is 13.3. The lowest BCUT2D eigenvalue weighted by molar-refractivity contribution is 0.470. The van der Waals surface area contributed by atoms with Gasteiger partial charge in [0.05, 0.1) is 0 Å². The zero-order chi connectivity index (χ0) is 10.7. The van der Waals surface area contributed by atoms with Crippen LogP contribution in [-0.4, -0.2) is 6.04 Å². The average molecular weight is 216 g/mol. The molecular weight excluding hydrogens is 201 g/mol. The highest BCUT2D eigenvalue weighted by atomic mass is 35.5. The molecule has 0 aliphatic carbocycles. The second kappa shape index (κ2) is 4.76. The summed E-state index contributed by atoms with van der Waals surface area (Å²) in [5.41, 5.74) is 6.36. The highest BCUT2D eigenvalue weighted by Crippen LogP contribution is 2.18. The van der Waals surface area contributed by atoms with Gasteiger partial charge in [0, 0.05) is 11.1 Å². The predicted molar refractivity (Wildman–Crippen MR) is 57.9 cm³/mol. The van der Waals surface area contributed by atoms with E-state index in [-0.39, 0.29) is 17.8 Å². The molecule has 14 heavy (non-hydrogen) atoms. The molecule has 0 radical (unpaired) electrons. The molecule has 0 fully saturated rings. The summed E-state index contributed by atoms with van der Waals surface area (Å²) < 4.78 is 13.3. The second-order valence-electron chi connectivity index (χ2n) is 3.78. The summed E-state index contributed by atoms with van der Waals surface area (Å²) in [6.45, 7) is 3.93. The molecule has 0 spiro atoms. The van der Waals surface area contributed by atoms with Gasteiger partial charge in [-0.3, -0.25) is 0 Å². The van der Waals surface area contributed by atoms with Crippen molar-refractivity contribution in [2.45, 2.75) is 26.3 Å². The molecule has 1 nitrogen and oxygen atoms in total. The van der Waals surface area contributed by atoms with E-state index >= 15 is 0 Å². The van der Waals surface area contributed by atoms with Crippen LogP contribution in [0.15, 0.2) is 18.2 Å². The molecule has 0 heterocycles. The Kier molecular flexibility index (Phi) is 3.90. The third-order valence-corrected chi connectivity index (χ3v) is 2.68. The topological polar surface area (TPSA) is 26.0 Å². The van der Waals surface area contributed by atoms with E-state index in [0.717, 1.165) is 0 Å². The van der Waals surface area contributed by atoms with Gasteiger partial charge in [0.15, 0.2) is 0 Å². The van der Waals surface area contributed by atoms with Crippen LogP contribution < -0.4 is 5.73 Å². The first kappa shape index (κ1) is 11.5. The Morgan fingerprint density at radius 2 is 2.07 bits per heavy atom. The van der Waals surface area contributed by atoms with E-state index in [2.05, 4.69) is 0 Å². The fourth-order valence-electron chi connectivity index (χ4n) is 1.23. The maximum atomic E-state index is 13.3. The van der Waals surface area contributed by atoms with E-state index in [1.807, 2.05) is 13.8 Å². The van der Waals surface area contributed by atoms with Crippen LogP contribution in [0.3, 0.4) is 0 Å². The Morgan fingerprint density at radius 1 is 1.43 bits per heavy atom. The predicted octanol–water partition coefficient (Wildman–Crippen LogP) is 3.00. The number of rotatable bonds is 3. The first-order chi connectivity index (χ1) is 6.50. The highest BCUT2D eigenvalue weighted by molar-refractivity contribution is 6.30. The van der Waals surface area contributed by atoms with Crippen LogP contribution in [0.4, 0.5) is 4.39 Å². The van der Waals surface area contributed by atoms with E-state index in [1.54, 1.807) is 12.1 Å². The van der Waals surface area contributed by atoms with Crippen LogP contribution in [0.2, 0.25) is 5.02 Å². The van der Waals surface area contributed by atoms with E-state index in [0.29, 0.717) is 17.0 Å². The van der Waals surface area contributed by atoms with Crippen LogP contribution in [0.5, 0.6) is 0 Å². The Balaban J connectivity index is 2.80. The number of halogens is 2. The van der Waals surface area contributed by atoms with E-state index in [1.165, 1.54) is 6.07 Å². The van der Waals surface area contributed by atoms with Gasteiger partial charge in [0.2, 0.25) is 0 Å². The summed E-state index contributed by atoms with van der Waals surface area (Å²) in [5.74, 6) is 0.0462. The lowest BCUT2D eigenvalue weighted by Crippen LogP contribution is -2.26. The molecule has 0 aliphatic rings. The van der Waals surface area contributed by atoms with Crippen molar-refractivity contribution in [3.8, 4) is 0 Å². The standard InChI is InChI=1S/C11H15ClFN/c1-7(8(2)14)5-9-6-10(12)3-4-11(9)13/h3-4,6-8H,5,14H2,1-2H3. The number of nitrogens with two attached hydrogens (primary N) is 1. The fraction of sp³-hybridized carbons (Fsp3) is 0.455. The first-order valence-electron chi connectivity index (χ1n) is 4.70. The molecule has 0 bridgehead atoms. The van der Waals surface area contributed by atoms with Crippen molar-refractivity contribution in [2.24, 2.45) is 11.7 Å². The summed E-state index contributed by atoms with van der Waals surface area (Å²) in [4.78, 5) is 0. The largest absolute Gasteiger partial charge is 0.328 e. The van der Waals surface area contributed by atoms with E-state index in [4.69, 9.17) is 17.3 Å². The molecule has 0 saturated heterocycles. The number of hydrogen-bond donors (Lipinski definition) is 1. The zero-order valence-electron chi connectivity index (χ0n) is 8.43. The van der Waals surface area contributed by atoms with Crippen LogP contribution in [-0.2, 0) is 6.42 Å². The smallest absolute Gasteiger partial charge is 0.126 e. The molecule has 1 rings (SSSR count). The van der Waals surface area contributed by atoms with Crippen molar-refractivity contribution < 1.29 is 4.39 Å². The Morgan fingerprint density at radius 3 is 2.64 bits per heavy atom. The van der Waals surface area contributed by atoms with Gasteiger partial charge in [-0.15, -0.1) is 0 Å². The average Bonchev–Trinajstić information content (AvgIpc) is 2.11. The minimum atomic E-state index is -0.207. The molecule has 1 aromatic rings. The molecule has 0 aliphatic heterocycles. The molecule has 78 valence electrons.